The zero-order valence-electron chi connectivity index (χ0n) is 12.7. The quantitative estimate of drug-likeness (QED) is 0.919. The van der Waals surface area contributed by atoms with Crippen molar-refractivity contribution in [3.63, 3.8) is 0 Å². The minimum absolute atomic E-state index is 0.318. The Labute approximate surface area is 121 Å². The highest BCUT2D eigenvalue weighted by Gasteiger charge is 2.26. The van der Waals surface area contributed by atoms with E-state index in [-0.39, 0.29) is 0 Å². The average Bonchev–Trinajstić information content (AvgIpc) is 2.84. The zero-order valence-corrected chi connectivity index (χ0v) is 13.5. The molecule has 1 aliphatic heterocycles. The Hall–Kier alpha value is -0.450. The lowest BCUT2D eigenvalue weighted by Crippen LogP contribution is -2.49. The van der Waals surface area contributed by atoms with Crippen LogP contribution in [0.25, 0.3) is 0 Å². The Bertz CT molecular complexity index is 386. The number of hydrogen-bond acceptors (Lipinski definition) is 4. The maximum absolute atomic E-state index is 4.41. The SMILES string of the molecule is CCc1ncc(CNC2CCN(C(C)(C)C)CC2)s1. The van der Waals surface area contributed by atoms with Gasteiger partial charge in [0.05, 0.1) is 5.01 Å². The molecule has 0 bridgehead atoms. The lowest BCUT2D eigenvalue weighted by Gasteiger charge is -2.41. The van der Waals surface area contributed by atoms with E-state index in [2.05, 4.69) is 42.9 Å². The number of nitrogens with one attached hydrogen (secondary N) is 1. The van der Waals surface area contributed by atoms with Crippen molar-refractivity contribution in [1.29, 1.82) is 0 Å². The highest BCUT2D eigenvalue weighted by atomic mass is 32.1. The minimum Gasteiger partial charge on any atom is -0.309 e. The number of piperidine rings is 1. The Kier molecular flexibility index (Phi) is 4.98. The topological polar surface area (TPSA) is 28.2 Å². The van der Waals surface area contributed by atoms with Crippen LogP contribution in [0.15, 0.2) is 6.20 Å². The first-order chi connectivity index (χ1) is 8.99. The second kappa shape index (κ2) is 6.33. The lowest BCUT2D eigenvalue weighted by molar-refractivity contribution is 0.0961. The fourth-order valence-electron chi connectivity index (χ4n) is 2.59. The molecule has 0 atom stereocenters. The molecule has 0 saturated carbocycles. The van der Waals surface area contributed by atoms with Gasteiger partial charge in [0.25, 0.3) is 0 Å². The molecule has 0 radical (unpaired) electrons. The third-order valence-electron chi connectivity index (χ3n) is 3.91. The van der Waals surface area contributed by atoms with E-state index in [1.807, 2.05) is 17.5 Å². The molecule has 0 unspecified atom stereocenters. The van der Waals surface area contributed by atoms with Crippen molar-refractivity contribution in [3.05, 3.63) is 16.1 Å². The summed E-state index contributed by atoms with van der Waals surface area (Å²) in [5, 5.41) is 4.94. The van der Waals surface area contributed by atoms with Crippen molar-refractivity contribution in [2.45, 2.75) is 65.1 Å². The van der Waals surface area contributed by atoms with Gasteiger partial charge in [-0.1, -0.05) is 6.92 Å². The Balaban J connectivity index is 1.74. The molecule has 1 N–H and O–H groups in total. The summed E-state index contributed by atoms with van der Waals surface area (Å²) in [4.78, 5) is 8.37. The van der Waals surface area contributed by atoms with E-state index >= 15 is 0 Å². The summed E-state index contributed by atoms with van der Waals surface area (Å²) >= 11 is 1.84. The molecule has 4 heteroatoms. The third kappa shape index (κ3) is 4.26. The summed E-state index contributed by atoms with van der Waals surface area (Å²) in [6.07, 6.45) is 5.60. The smallest absolute Gasteiger partial charge is 0.0925 e. The molecular formula is C15H27N3S. The van der Waals surface area contributed by atoms with E-state index in [1.165, 1.54) is 35.8 Å². The van der Waals surface area contributed by atoms with E-state index in [0.717, 1.165) is 13.0 Å². The van der Waals surface area contributed by atoms with Crippen LogP contribution >= 0.6 is 11.3 Å². The van der Waals surface area contributed by atoms with Crippen LogP contribution in [-0.4, -0.2) is 34.6 Å². The van der Waals surface area contributed by atoms with Crippen molar-refractivity contribution in [2.24, 2.45) is 0 Å². The Morgan fingerprint density at radius 1 is 1.37 bits per heavy atom. The molecule has 0 amide bonds. The molecule has 2 rings (SSSR count). The van der Waals surface area contributed by atoms with Gasteiger partial charge >= 0.3 is 0 Å². The number of likely N-dealkylation sites (tertiary alicyclic amines) is 1. The summed E-state index contributed by atoms with van der Waals surface area (Å²) in [5.74, 6) is 0. The van der Waals surface area contributed by atoms with Gasteiger partial charge in [-0.25, -0.2) is 4.98 Å². The van der Waals surface area contributed by atoms with Gasteiger partial charge in [-0.15, -0.1) is 11.3 Å². The second-order valence-corrected chi connectivity index (χ2v) is 7.59. The molecule has 19 heavy (non-hydrogen) atoms. The number of aromatic nitrogens is 1. The Morgan fingerprint density at radius 3 is 2.58 bits per heavy atom. The van der Waals surface area contributed by atoms with Crippen LogP contribution in [-0.2, 0) is 13.0 Å². The molecule has 0 aromatic carbocycles. The monoisotopic (exact) mass is 281 g/mol. The predicted molar refractivity (Wildman–Crippen MR) is 82.7 cm³/mol. The minimum atomic E-state index is 0.318. The summed E-state index contributed by atoms with van der Waals surface area (Å²) in [7, 11) is 0. The van der Waals surface area contributed by atoms with Crippen LogP contribution in [0.5, 0.6) is 0 Å². The molecule has 1 aromatic heterocycles. The molecular weight excluding hydrogens is 254 g/mol. The summed E-state index contributed by atoms with van der Waals surface area (Å²) < 4.78 is 0. The normalized spacial score (nSPS) is 18.9. The number of thiazole rings is 1. The van der Waals surface area contributed by atoms with E-state index in [4.69, 9.17) is 0 Å². The summed E-state index contributed by atoms with van der Waals surface area (Å²) in [6.45, 7) is 12.5. The van der Waals surface area contributed by atoms with Crippen LogP contribution in [0.3, 0.4) is 0 Å². The highest BCUT2D eigenvalue weighted by Crippen LogP contribution is 2.20. The standard InChI is InChI=1S/C15H27N3S/c1-5-14-17-11-13(19-14)10-16-12-6-8-18(9-7-12)15(2,3)4/h11-12,16H,5-10H2,1-4H3. The third-order valence-corrected chi connectivity index (χ3v) is 5.05. The van der Waals surface area contributed by atoms with Crippen molar-refractivity contribution in [3.8, 4) is 0 Å². The molecule has 1 aromatic rings. The van der Waals surface area contributed by atoms with Gasteiger partial charge < -0.3 is 5.32 Å². The van der Waals surface area contributed by atoms with E-state index in [0.29, 0.717) is 11.6 Å². The first-order valence-electron chi connectivity index (χ1n) is 7.41. The molecule has 1 saturated heterocycles. The number of nitrogens with zero attached hydrogens (tertiary/aromatic N) is 2. The van der Waals surface area contributed by atoms with Crippen LogP contribution in [0.2, 0.25) is 0 Å². The maximum Gasteiger partial charge on any atom is 0.0925 e. The average molecular weight is 281 g/mol. The van der Waals surface area contributed by atoms with Crippen molar-refractivity contribution in [2.75, 3.05) is 13.1 Å². The second-order valence-electron chi connectivity index (χ2n) is 6.39. The molecule has 0 aliphatic carbocycles. The fraction of sp³-hybridized carbons (Fsp3) is 0.800. The maximum atomic E-state index is 4.41. The summed E-state index contributed by atoms with van der Waals surface area (Å²) in [5.41, 5.74) is 0.318. The van der Waals surface area contributed by atoms with Gasteiger partial charge in [0.15, 0.2) is 0 Å². The highest BCUT2D eigenvalue weighted by molar-refractivity contribution is 7.11. The molecule has 2 heterocycles. The van der Waals surface area contributed by atoms with Crippen molar-refractivity contribution >= 4 is 11.3 Å². The van der Waals surface area contributed by atoms with Gasteiger partial charge in [-0.3, -0.25) is 4.90 Å². The van der Waals surface area contributed by atoms with Crippen LogP contribution in [0.4, 0.5) is 0 Å². The molecule has 3 nitrogen and oxygen atoms in total. The molecule has 0 spiro atoms. The van der Waals surface area contributed by atoms with Gasteiger partial charge in [0.1, 0.15) is 0 Å². The first-order valence-corrected chi connectivity index (χ1v) is 8.22. The molecule has 108 valence electrons. The number of aryl methyl sites for hydroxylation is 1. The van der Waals surface area contributed by atoms with Crippen LogP contribution in [0, 0.1) is 0 Å². The largest absolute Gasteiger partial charge is 0.309 e. The van der Waals surface area contributed by atoms with Gasteiger partial charge in [-0.2, -0.15) is 0 Å². The van der Waals surface area contributed by atoms with E-state index in [1.54, 1.807) is 0 Å². The zero-order chi connectivity index (χ0) is 13.9. The van der Waals surface area contributed by atoms with Crippen LogP contribution < -0.4 is 5.32 Å². The first kappa shape index (κ1) is 14.9. The number of hydrogen-bond donors (Lipinski definition) is 1. The van der Waals surface area contributed by atoms with Gasteiger partial charge in [0.2, 0.25) is 0 Å². The molecule has 1 aliphatic rings. The lowest BCUT2D eigenvalue weighted by atomic mass is 9.98. The number of rotatable bonds is 4. The van der Waals surface area contributed by atoms with Gasteiger partial charge in [0, 0.05) is 42.3 Å². The Morgan fingerprint density at radius 2 is 2.05 bits per heavy atom. The van der Waals surface area contributed by atoms with E-state index in [9.17, 15) is 0 Å². The van der Waals surface area contributed by atoms with Crippen molar-refractivity contribution in [1.82, 2.24) is 15.2 Å². The van der Waals surface area contributed by atoms with Gasteiger partial charge in [-0.05, 0) is 40.0 Å². The predicted octanol–water partition coefficient (Wildman–Crippen LogP) is 3.06. The fourth-order valence-corrected chi connectivity index (χ4v) is 3.41. The summed E-state index contributed by atoms with van der Waals surface area (Å²) in [6, 6.07) is 0.672. The van der Waals surface area contributed by atoms with Crippen LogP contribution in [0.1, 0.15) is 50.4 Å². The van der Waals surface area contributed by atoms with E-state index < -0.39 is 0 Å². The molecule has 1 fully saturated rings. The van der Waals surface area contributed by atoms with Crippen molar-refractivity contribution < 1.29 is 0 Å².